The predicted molar refractivity (Wildman–Crippen MR) is 94.4 cm³/mol. The fourth-order valence-electron chi connectivity index (χ4n) is 3.56. The van der Waals surface area contributed by atoms with E-state index in [-0.39, 0.29) is 11.9 Å². The minimum atomic E-state index is -0.383. The zero-order valence-electron chi connectivity index (χ0n) is 15.2. The molecule has 5 heteroatoms. The molecule has 0 N–H and O–H groups in total. The van der Waals surface area contributed by atoms with Crippen molar-refractivity contribution >= 4 is 11.9 Å². The molecule has 1 aliphatic heterocycles. The number of aromatic nitrogens is 1. The molecule has 0 radical (unpaired) electrons. The van der Waals surface area contributed by atoms with Gasteiger partial charge in [0.05, 0.1) is 12.2 Å². The highest BCUT2D eigenvalue weighted by molar-refractivity contribution is 6.01. The summed E-state index contributed by atoms with van der Waals surface area (Å²) in [5.74, 6) is 0.152. The lowest BCUT2D eigenvalue weighted by Gasteiger charge is -2.31. The van der Waals surface area contributed by atoms with Gasteiger partial charge in [-0.05, 0) is 45.1 Å². The van der Waals surface area contributed by atoms with Gasteiger partial charge < -0.3 is 14.2 Å². The Bertz CT molecular complexity index is 646. The van der Waals surface area contributed by atoms with E-state index in [1.165, 1.54) is 0 Å². The summed E-state index contributed by atoms with van der Waals surface area (Å²) in [5, 5.41) is 0. The molecule has 1 aromatic rings. The highest BCUT2D eigenvalue weighted by atomic mass is 16.5. The summed E-state index contributed by atoms with van der Waals surface area (Å²) < 4.78 is 7.02. The number of ether oxygens (including phenoxy) is 1. The van der Waals surface area contributed by atoms with Gasteiger partial charge in [0.1, 0.15) is 5.69 Å². The second-order valence-corrected chi connectivity index (χ2v) is 6.55. The lowest BCUT2D eigenvalue weighted by molar-refractivity contribution is 0.0513. The molecule has 1 aliphatic rings. The quantitative estimate of drug-likeness (QED) is 0.614. The first kappa shape index (κ1) is 18.3. The first-order chi connectivity index (χ1) is 11.4. The number of nitrogens with zero attached hydrogens (tertiary/aromatic N) is 2. The minimum Gasteiger partial charge on any atom is -0.461 e. The smallest absolute Gasteiger partial charge is 0.355 e. The number of piperidine rings is 1. The van der Waals surface area contributed by atoms with E-state index in [4.69, 9.17) is 4.74 Å². The van der Waals surface area contributed by atoms with Crippen LogP contribution in [0.25, 0.3) is 0 Å². The summed E-state index contributed by atoms with van der Waals surface area (Å²) in [5.41, 5.74) is 2.60. The van der Waals surface area contributed by atoms with Crippen molar-refractivity contribution in [2.45, 2.75) is 47.1 Å². The lowest BCUT2D eigenvalue weighted by Crippen LogP contribution is -2.39. The van der Waals surface area contributed by atoms with Crippen LogP contribution in [0.4, 0.5) is 0 Å². The molecule has 2 rings (SSSR count). The number of hydrogen-bond donors (Lipinski definition) is 0. The van der Waals surface area contributed by atoms with Crippen molar-refractivity contribution in [2.75, 3.05) is 19.7 Å². The number of allylic oxidation sites excluding steroid dienone is 1. The Morgan fingerprint density at radius 3 is 2.67 bits per heavy atom. The monoisotopic (exact) mass is 332 g/mol. The predicted octanol–water partition coefficient (Wildman–Crippen LogP) is 3.34. The molecule has 1 amide bonds. The molecule has 24 heavy (non-hydrogen) atoms. The Morgan fingerprint density at radius 1 is 1.38 bits per heavy atom. The first-order valence-corrected chi connectivity index (χ1v) is 8.69. The normalized spacial score (nSPS) is 17.7. The molecule has 1 atom stereocenters. The first-order valence-electron chi connectivity index (χ1n) is 8.69. The number of hydrogen-bond acceptors (Lipinski definition) is 3. The van der Waals surface area contributed by atoms with Gasteiger partial charge in [-0.3, -0.25) is 4.79 Å². The minimum absolute atomic E-state index is 0.0184. The third-order valence-electron chi connectivity index (χ3n) is 4.71. The fourth-order valence-corrected chi connectivity index (χ4v) is 3.56. The lowest BCUT2D eigenvalue weighted by atomic mass is 9.99. The van der Waals surface area contributed by atoms with Crippen molar-refractivity contribution in [1.82, 2.24) is 9.47 Å². The second-order valence-electron chi connectivity index (χ2n) is 6.55. The fraction of sp³-hybridized carbons (Fsp3) is 0.579. The standard InChI is InChI=1S/C19H28N2O3/c1-6-10-21-15(5)16(14(4)17(21)19(23)24-7-2)18(22)20-11-8-9-13(3)12-20/h6,13H,1,7-12H2,2-5H3. The molecule has 5 nitrogen and oxygen atoms in total. The molecule has 1 fully saturated rings. The van der Waals surface area contributed by atoms with Crippen molar-refractivity contribution in [3.63, 3.8) is 0 Å². The maximum absolute atomic E-state index is 13.1. The zero-order chi connectivity index (χ0) is 17.9. The molecule has 0 aromatic carbocycles. The van der Waals surface area contributed by atoms with Crippen LogP contribution in [0.15, 0.2) is 12.7 Å². The molecule has 132 valence electrons. The zero-order valence-corrected chi connectivity index (χ0v) is 15.2. The number of likely N-dealkylation sites (tertiary alicyclic amines) is 1. The molecular formula is C19H28N2O3. The van der Waals surface area contributed by atoms with Crippen LogP contribution in [0.2, 0.25) is 0 Å². The summed E-state index contributed by atoms with van der Waals surface area (Å²) >= 11 is 0. The van der Waals surface area contributed by atoms with Crippen molar-refractivity contribution in [3.8, 4) is 0 Å². The Hall–Kier alpha value is -2.04. The van der Waals surface area contributed by atoms with E-state index in [0.29, 0.717) is 35.9 Å². The summed E-state index contributed by atoms with van der Waals surface area (Å²) in [6.45, 7) is 13.8. The van der Waals surface area contributed by atoms with E-state index in [1.807, 2.05) is 23.3 Å². The number of rotatable bonds is 5. The third-order valence-corrected chi connectivity index (χ3v) is 4.71. The highest BCUT2D eigenvalue weighted by Crippen LogP contribution is 2.27. The van der Waals surface area contributed by atoms with E-state index in [0.717, 1.165) is 31.6 Å². The SMILES string of the molecule is C=CCn1c(C)c(C(=O)N2CCCC(C)C2)c(C)c1C(=O)OCC. The van der Waals surface area contributed by atoms with Gasteiger partial charge >= 0.3 is 5.97 Å². The largest absolute Gasteiger partial charge is 0.461 e. The van der Waals surface area contributed by atoms with Gasteiger partial charge in [-0.15, -0.1) is 6.58 Å². The van der Waals surface area contributed by atoms with Crippen molar-refractivity contribution in [3.05, 3.63) is 35.2 Å². The van der Waals surface area contributed by atoms with Crippen LogP contribution in [0.1, 0.15) is 58.8 Å². The summed E-state index contributed by atoms with van der Waals surface area (Å²) in [6.07, 6.45) is 3.92. The molecule has 0 aliphatic carbocycles. The topological polar surface area (TPSA) is 51.5 Å². The van der Waals surface area contributed by atoms with Crippen LogP contribution in [0, 0.1) is 19.8 Å². The molecule has 1 saturated heterocycles. The Kier molecular flexibility index (Phi) is 5.86. The van der Waals surface area contributed by atoms with Gasteiger partial charge in [0.2, 0.25) is 0 Å². The number of amides is 1. The van der Waals surface area contributed by atoms with E-state index < -0.39 is 0 Å². The van der Waals surface area contributed by atoms with Gasteiger partial charge in [0.15, 0.2) is 0 Å². The van der Waals surface area contributed by atoms with Crippen molar-refractivity contribution in [2.24, 2.45) is 5.92 Å². The van der Waals surface area contributed by atoms with Crippen LogP contribution in [-0.2, 0) is 11.3 Å². The maximum Gasteiger partial charge on any atom is 0.355 e. The van der Waals surface area contributed by atoms with Gasteiger partial charge in [0, 0.05) is 25.3 Å². The van der Waals surface area contributed by atoms with Crippen molar-refractivity contribution < 1.29 is 14.3 Å². The number of carbonyl (C=O) groups excluding carboxylic acids is 2. The van der Waals surface area contributed by atoms with Crippen LogP contribution in [-0.4, -0.2) is 41.0 Å². The van der Waals surface area contributed by atoms with Crippen LogP contribution in [0.3, 0.4) is 0 Å². The summed E-state index contributed by atoms with van der Waals surface area (Å²) in [4.78, 5) is 27.4. The molecule has 2 heterocycles. The van der Waals surface area contributed by atoms with Gasteiger partial charge in [-0.25, -0.2) is 4.79 Å². The van der Waals surface area contributed by atoms with E-state index in [1.54, 1.807) is 13.0 Å². The van der Waals surface area contributed by atoms with Crippen molar-refractivity contribution in [1.29, 1.82) is 0 Å². The molecule has 0 spiro atoms. The Morgan fingerprint density at radius 2 is 2.08 bits per heavy atom. The number of esters is 1. The molecular weight excluding hydrogens is 304 g/mol. The molecule has 0 bridgehead atoms. The summed E-state index contributed by atoms with van der Waals surface area (Å²) in [7, 11) is 0. The average Bonchev–Trinajstić information content (AvgIpc) is 2.78. The third kappa shape index (κ3) is 3.40. The molecule has 1 aromatic heterocycles. The average molecular weight is 332 g/mol. The summed E-state index contributed by atoms with van der Waals surface area (Å²) in [6, 6.07) is 0. The Labute approximate surface area is 144 Å². The second kappa shape index (κ2) is 7.69. The van der Waals surface area contributed by atoms with Crippen LogP contribution in [0.5, 0.6) is 0 Å². The van der Waals surface area contributed by atoms with Crippen LogP contribution < -0.4 is 0 Å². The van der Waals surface area contributed by atoms with E-state index >= 15 is 0 Å². The molecule has 1 unspecified atom stereocenters. The highest BCUT2D eigenvalue weighted by Gasteiger charge is 2.30. The molecule has 0 saturated carbocycles. The van der Waals surface area contributed by atoms with Gasteiger partial charge in [0.25, 0.3) is 5.91 Å². The van der Waals surface area contributed by atoms with Gasteiger partial charge in [-0.2, -0.15) is 0 Å². The van der Waals surface area contributed by atoms with Crippen LogP contribution >= 0.6 is 0 Å². The van der Waals surface area contributed by atoms with E-state index in [9.17, 15) is 9.59 Å². The van der Waals surface area contributed by atoms with Gasteiger partial charge in [-0.1, -0.05) is 13.0 Å². The Balaban J connectivity index is 2.46. The number of carbonyl (C=O) groups is 2. The van der Waals surface area contributed by atoms with E-state index in [2.05, 4.69) is 13.5 Å². The maximum atomic E-state index is 13.1.